The molecule has 20 heavy (non-hydrogen) atoms. The van der Waals surface area contributed by atoms with Crippen LogP contribution in [-0.4, -0.2) is 21.0 Å². The van der Waals surface area contributed by atoms with E-state index in [1.165, 1.54) is 17.5 Å². The van der Waals surface area contributed by atoms with E-state index in [9.17, 15) is 9.59 Å². The second-order valence-electron chi connectivity index (χ2n) is 4.07. The molecular formula is C12H6N4O3S. The first-order valence-corrected chi connectivity index (χ1v) is 6.49. The summed E-state index contributed by atoms with van der Waals surface area (Å²) in [5.41, 5.74) is -0.0170. The zero-order valence-corrected chi connectivity index (χ0v) is 10.7. The SMILES string of the molecule is O=C1C(=Cc2ccco2)N=C2Sc3c(nc[nH]c3=O)N12. The zero-order valence-electron chi connectivity index (χ0n) is 9.86. The molecule has 0 radical (unpaired) electrons. The number of nitrogens with zero attached hydrogens (tertiary/aromatic N) is 3. The van der Waals surface area contributed by atoms with Crippen LogP contribution in [0.5, 0.6) is 0 Å². The van der Waals surface area contributed by atoms with Crippen LogP contribution in [0.1, 0.15) is 5.76 Å². The number of thioether (sulfide) groups is 1. The van der Waals surface area contributed by atoms with Crippen molar-refractivity contribution in [3.05, 3.63) is 46.5 Å². The van der Waals surface area contributed by atoms with E-state index < -0.39 is 0 Å². The van der Waals surface area contributed by atoms with Crippen molar-refractivity contribution in [3.63, 3.8) is 0 Å². The fourth-order valence-corrected chi connectivity index (χ4v) is 2.95. The largest absolute Gasteiger partial charge is 0.465 e. The van der Waals surface area contributed by atoms with Crippen LogP contribution in [0.15, 0.2) is 49.5 Å². The summed E-state index contributed by atoms with van der Waals surface area (Å²) < 4.78 is 5.16. The van der Waals surface area contributed by atoms with Crippen molar-refractivity contribution in [1.82, 2.24) is 9.97 Å². The molecule has 7 nitrogen and oxygen atoms in total. The molecule has 4 rings (SSSR count). The second kappa shape index (κ2) is 3.94. The Bertz CT molecular complexity index is 835. The number of fused-ring (bicyclic) bond motifs is 3. The predicted octanol–water partition coefficient (Wildman–Crippen LogP) is 1.21. The highest BCUT2D eigenvalue weighted by Gasteiger charge is 2.41. The highest BCUT2D eigenvalue weighted by molar-refractivity contribution is 8.15. The monoisotopic (exact) mass is 286 g/mol. The maximum absolute atomic E-state index is 12.3. The minimum Gasteiger partial charge on any atom is -0.465 e. The Morgan fingerprint density at radius 3 is 3.10 bits per heavy atom. The van der Waals surface area contributed by atoms with Gasteiger partial charge in [-0.25, -0.2) is 14.9 Å². The lowest BCUT2D eigenvalue weighted by Crippen LogP contribution is -2.28. The van der Waals surface area contributed by atoms with Gasteiger partial charge in [0, 0.05) is 6.08 Å². The number of H-pyrrole nitrogens is 1. The van der Waals surface area contributed by atoms with Crippen molar-refractivity contribution in [2.45, 2.75) is 4.90 Å². The van der Waals surface area contributed by atoms with E-state index in [2.05, 4.69) is 15.0 Å². The molecule has 2 aliphatic heterocycles. The smallest absolute Gasteiger partial charge is 0.284 e. The van der Waals surface area contributed by atoms with E-state index in [0.29, 0.717) is 21.6 Å². The number of aromatic amines is 1. The summed E-state index contributed by atoms with van der Waals surface area (Å²) in [6.45, 7) is 0. The van der Waals surface area contributed by atoms with Crippen molar-refractivity contribution in [1.29, 1.82) is 0 Å². The van der Waals surface area contributed by atoms with Gasteiger partial charge in [-0.1, -0.05) is 0 Å². The van der Waals surface area contributed by atoms with Gasteiger partial charge in [0.15, 0.2) is 11.0 Å². The van der Waals surface area contributed by atoms with Crippen LogP contribution >= 0.6 is 11.8 Å². The first-order chi connectivity index (χ1) is 9.74. The standard InChI is InChI=1S/C12H6N4O3S/c17-10-8-9(13-5-14-10)16-11(18)7(15-12(16)20-8)4-6-2-1-3-19-6/h1-5H,(H,13,14,17). The number of hydrogen-bond acceptors (Lipinski definition) is 6. The number of aromatic nitrogens is 2. The maximum Gasteiger partial charge on any atom is 0.284 e. The Labute approximate surface area is 116 Å². The van der Waals surface area contributed by atoms with Crippen molar-refractivity contribution >= 4 is 34.7 Å². The maximum atomic E-state index is 12.3. The van der Waals surface area contributed by atoms with Gasteiger partial charge in [0.2, 0.25) is 0 Å². The van der Waals surface area contributed by atoms with Crippen molar-refractivity contribution < 1.29 is 9.21 Å². The molecule has 1 N–H and O–H groups in total. The Kier molecular flexibility index (Phi) is 2.21. The molecule has 1 amide bonds. The summed E-state index contributed by atoms with van der Waals surface area (Å²) in [4.78, 5) is 36.4. The normalized spacial score (nSPS) is 18.4. The molecule has 98 valence electrons. The van der Waals surface area contributed by atoms with Crippen LogP contribution < -0.4 is 10.5 Å². The van der Waals surface area contributed by atoms with Gasteiger partial charge in [0.1, 0.15) is 16.4 Å². The number of rotatable bonds is 1. The van der Waals surface area contributed by atoms with E-state index in [1.54, 1.807) is 18.2 Å². The molecule has 2 aromatic heterocycles. The van der Waals surface area contributed by atoms with Gasteiger partial charge in [-0.15, -0.1) is 0 Å². The van der Waals surface area contributed by atoms with Gasteiger partial charge in [-0.2, -0.15) is 0 Å². The van der Waals surface area contributed by atoms with E-state index >= 15 is 0 Å². The molecule has 0 aliphatic carbocycles. The Hall–Kier alpha value is -2.61. The van der Waals surface area contributed by atoms with Crippen LogP contribution in [0.25, 0.3) is 6.08 Å². The van der Waals surface area contributed by atoms with Crippen LogP contribution in [0.3, 0.4) is 0 Å². The van der Waals surface area contributed by atoms with Gasteiger partial charge in [-0.05, 0) is 23.9 Å². The first kappa shape index (κ1) is 11.2. The number of amidine groups is 1. The summed E-state index contributed by atoms with van der Waals surface area (Å²) >= 11 is 1.13. The third-order valence-corrected chi connectivity index (χ3v) is 3.88. The molecular weight excluding hydrogens is 280 g/mol. The molecule has 0 saturated carbocycles. The van der Waals surface area contributed by atoms with Crippen molar-refractivity contribution in [2.75, 3.05) is 4.90 Å². The minimum absolute atomic E-state index is 0.259. The molecule has 2 aromatic rings. The molecule has 0 bridgehead atoms. The third kappa shape index (κ3) is 1.48. The number of furan rings is 1. The minimum atomic E-state index is -0.319. The molecule has 2 aliphatic rings. The molecule has 0 unspecified atom stereocenters. The van der Waals surface area contributed by atoms with E-state index in [0.717, 1.165) is 11.8 Å². The van der Waals surface area contributed by atoms with Gasteiger partial charge in [0.05, 0.1) is 12.6 Å². The third-order valence-electron chi connectivity index (χ3n) is 2.85. The molecule has 0 saturated heterocycles. The van der Waals surface area contributed by atoms with Gasteiger partial charge < -0.3 is 9.40 Å². The molecule has 0 atom stereocenters. The first-order valence-electron chi connectivity index (χ1n) is 5.68. The Morgan fingerprint density at radius 2 is 2.30 bits per heavy atom. The van der Waals surface area contributed by atoms with Crippen LogP contribution in [0, 0.1) is 0 Å². The summed E-state index contributed by atoms with van der Waals surface area (Å²) in [5.74, 6) is 0.550. The van der Waals surface area contributed by atoms with Crippen molar-refractivity contribution in [2.24, 2.45) is 4.99 Å². The van der Waals surface area contributed by atoms with E-state index in [1.807, 2.05) is 0 Å². The lowest BCUT2D eigenvalue weighted by molar-refractivity contribution is -0.113. The number of hydrogen-bond donors (Lipinski definition) is 1. The summed E-state index contributed by atoms with van der Waals surface area (Å²) in [5, 5.41) is 0.437. The predicted molar refractivity (Wildman–Crippen MR) is 72.3 cm³/mol. The number of carbonyl (C=O) groups is 1. The van der Waals surface area contributed by atoms with Crippen LogP contribution in [-0.2, 0) is 4.79 Å². The number of amides is 1. The van der Waals surface area contributed by atoms with Crippen LogP contribution in [0.2, 0.25) is 0 Å². The fourth-order valence-electron chi connectivity index (χ4n) is 1.98. The molecule has 0 aromatic carbocycles. The zero-order chi connectivity index (χ0) is 13.7. The van der Waals surface area contributed by atoms with Gasteiger partial charge >= 0.3 is 0 Å². The fraction of sp³-hybridized carbons (Fsp3) is 0. The van der Waals surface area contributed by atoms with Crippen LogP contribution in [0.4, 0.5) is 5.82 Å². The van der Waals surface area contributed by atoms with Crippen molar-refractivity contribution in [3.8, 4) is 0 Å². The topological polar surface area (TPSA) is 91.6 Å². The lowest BCUT2D eigenvalue weighted by atomic mass is 10.3. The number of aliphatic imine (C=N–C) groups is 1. The van der Waals surface area contributed by atoms with Gasteiger partial charge in [-0.3, -0.25) is 9.59 Å². The number of nitrogens with one attached hydrogen (secondary N) is 1. The lowest BCUT2D eigenvalue weighted by Gasteiger charge is -2.07. The summed E-state index contributed by atoms with van der Waals surface area (Å²) in [6.07, 6.45) is 4.35. The summed E-state index contributed by atoms with van der Waals surface area (Å²) in [6, 6.07) is 3.46. The van der Waals surface area contributed by atoms with Gasteiger partial charge in [0.25, 0.3) is 11.5 Å². The number of anilines is 1. The average Bonchev–Trinajstić information content (AvgIpc) is 3.10. The van der Waals surface area contributed by atoms with E-state index in [4.69, 9.17) is 4.42 Å². The highest BCUT2D eigenvalue weighted by Crippen LogP contribution is 2.40. The average molecular weight is 286 g/mol. The second-order valence-corrected chi connectivity index (χ2v) is 5.04. The molecule has 4 heterocycles. The van der Waals surface area contributed by atoms with E-state index in [-0.39, 0.29) is 17.2 Å². The summed E-state index contributed by atoms with van der Waals surface area (Å²) in [7, 11) is 0. The molecule has 8 heteroatoms. The Morgan fingerprint density at radius 1 is 1.40 bits per heavy atom. The molecule has 0 spiro atoms. The quantitative estimate of drug-likeness (QED) is 0.796. The molecule has 0 fully saturated rings. The number of carbonyl (C=O) groups excluding carboxylic acids is 1. The highest BCUT2D eigenvalue weighted by atomic mass is 32.2. The Balaban J connectivity index is 1.80.